The molecule has 54 heavy (non-hydrogen) atoms. The number of nitrogen functional groups attached to an aromatic ring is 1. The summed E-state index contributed by atoms with van der Waals surface area (Å²) in [7, 11) is 0. The van der Waals surface area contributed by atoms with E-state index in [4.69, 9.17) is 10.6 Å². The van der Waals surface area contributed by atoms with Gasteiger partial charge in [0.05, 0.1) is 19.6 Å². The van der Waals surface area contributed by atoms with Crippen LogP contribution in [0.4, 0.5) is 5.13 Å². The molecule has 0 radical (unpaired) electrons. The van der Waals surface area contributed by atoms with Crippen LogP contribution in [0, 0.1) is 10.6 Å². The molecule has 0 unspecified atom stereocenters. The molecule has 21 heteroatoms. The number of carboxylic acids is 1. The molecular formula is C33H38N9O10S2+. The van der Waals surface area contributed by atoms with Crippen molar-refractivity contribution in [3.05, 3.63) is 62.3 Å². The van der Waals surface area contributed by atoms with Crippen LogP contribution < -0.4 is 21.8 Å². The summed E-state index contributed by atoms with van der Waals surface area (Å²) in [5.74, 6) is -2.62. The van der Waals surface area contributed by atoms with E-state index in [0.717, 1.165) is 62.5 Å². The Morgan fingerprint density at radius 2 is 1.96 bits per heavy atom. The van der Waals surface area contributed by atoms with Gasteiger partial charge in [-0.1, -0.05) is 9.89 Å². The van der Waals surface area contributed by atoms with Crippen LogP contribution in [0.25, 0.3) is 0 Å². The minimum absolute atomic E-state index is 0.0158. The lowest BCUT2D eigenvalue weighted by molar-refractivity contribution is -0.941. The quantitative estimate of drug-likeness (QED) is 0.0403. The van der Waals surface area contributed by atoms with Crippen LogP contribution in [0.5, 0.6) is 5.75 Å². The number of aromatic amines is 1. The van der Waals surface area contributed by atoms with E-state index in [1.807, 2.05) is 5.87 Å². The Morgan fingerprint density at radius 1 is 1.28 bits per heavy atom. The number of amides is 4. The Morgan fingerprint density at radius 3 is 2.56 bits per heavy atom. The monoisotopic (exact) mass is 784 g/mol. The zero-order valence-corrected chi connectivity index (χ0v) is 30.9. The lowest BCUT2D eigenvalue weighted by atomic mass is 9.70. The van der Waals surface area contributed by atoms with Gasteiger partial charge in [-0.15, -0.1) is 23.1 Å². The highest BCUT2D eigenvalue weighted by molar-refractivity contribution is 8.00. The number of piperidine rings is 3. The highest BCUT2D eigenvalue weighted by Crippen LogP contribution is 2.46. The topological polar surface area (TPSA) is 273 Å². The number of aliphatic carboxylic acids is 1. The average molecular weight is 785 g/mol. The average Bonchev–Trinajstić information content (AvgIpc) is 3.59. The number of quaternary nitrogens is 1. The Hall–Kier alpha value is -5.50. The van der Waals surface area contributed by atoms with E-state index in [9.17, 15) is 44.2 Å². The molecule has 7 rings (SSSR count). The van der Waals surface area contributed by atoms with Gasteiger partial charge in [0.25, 0.3) is 23.3 Å². The van der Waals surface area contributed by atoms with Crippen molar-refractivity contribution in [1.82, 2.24) is 25.5 Å². The summed E-state index contributed by atoms with van der Waals surface area (Å²) in [6.07, 6.45) is 3.43. The largest absolute Gasteiger partial charge is 0.607 e. The highest BCUT2D eigenvalue weighted by Gasteiger charge is 2.56. The third-order valence-corrected chi connectivity index (χ3v) is 12.4. The van der Waals surface area contributed by atoms with E-state index in [-0.39, 0.29) is 32.4 Å². The number of oxime groups is 1. The molecule has 0 aliphatic carbocycles. The van der Waals surface area contributed by atoms with Crippen LogP contribution in [0.1, 0.15) is 49.3 Å². The van der Waals surface area contributed by atoms with Gasteiger partial charge >= 0.3 is 11.9 Å². The molecular weight excluding hydrogens is 747 g/mol. The van der Waals surface area contributed by atoms with Crippen molar-refractivity contribution in [3.63, 3.8) is 0 Å². The van der Waals surface area contributed by atoms with Crippen molar-refractivity contribution in [2.24, 2.45) is 10.6 Å². The molecule has 0 aromatic carbocycles. The summed E-state index contributed by atoms with van der Waals surface area (Å²) in [4.78, 5) is 89.8. The van der Waals surface area contributed by atoms with Gasteiger partial charge in [-0.3, -0.25) is 24.1 Å². The number of nitrogens with one attached hydrogen (secondary N) is 3. The fourth-order valence-electron chi connectivity index (χ4n) is 7.13. The minimum Gasteiger partial charge on any atom is -0.607 e. The van der Waals surface area contributed by atoms with Crippen molar-refractivity contribution in [1.29, 1.82) is 0 Å². The molecule has 286 valence electrons. The van der Waals surface area contributed by atoms with Gasteiger partial charge in [-0.05, 0) is 13.8 Å². The fraction of sp³-hybridized carbons (Fsp3) is 0.455. The number of nitrogens with two attached hydrogens (primary N) is 1. The van der Waals surface area contributed by atoms with Crippen molar-refractivity contribution >= 4 is 69.4 Å². The number of hydrogen-bond acceptors (Lipinski definition) is 14. The molecule has 2 aromatic rings. The fourth-order valence-corrected chi connectivity index (χ4v) is 9.01. The Kier molecular flexibility index (Phi) is 10.2. The molecule has 2 atom stereocenters. The number of rotatable bonds is 12. The lowest BCUT2D eigenvalue weighted by Crippen LogP contribution is -2.71. The van der Waals surface area contributed by atoms with Gasteiger partial charge in [0, 0.05) is 66.8 Å². The van der Waals surface area contributed by atoms with Crippen LogP contribution in [-0.4, -0.2) is 131 Å². The maximum absolute atomic E-state index is 13.6. The molecule has 4 amide bonds. The second-order valence-electron chi connectivity index (χ2n) is 14.2. The first-order valence-electron chi connectivity index (χ1n) is 16.8. The first kappa shape index (κ1) is 38.2. The van der Waals surface area contributed by atoms with Crippen LogP contribution in [0.15, 0.2) is 45.4 Å². The summed E-state index contributed by atoms with van der Waals surface area (Å²) >= 11 is 2.33. The Balaban J connectivity index is 1.12. The number of aromatic hydroxyl groups is 1. The predicted octanol–water partition coefficient (Wildman–Crippen LogP) is -0.320. The summed E-state index contributed by atoms with van der Waals surface area (Å²) in [6, 6.07) is -0.0678. The molecule has 7 heterocycles. The van der Waals surface area contributed by atoms with Crippen LogP contribution >= 0.6 is 23.1 Å². The van der Waals surface area contributed by atoms with E-state index in [1.54, 1.807) is 0 Å². The highest BCUT2D eigenvalue weighted by atomic mass is 32.2. The number of thioether (sulfide) groups is 1. The molecule has 5 aliphatic heterocycles. The molecule has 4 saturated heterocycles. The van der Waals surface area contributed by atoms with Crippen molar-refractivity contribution in [2.75, 3.05) is 44.2 Å². The number of hydroxylamine groups is 1. The zero-order chi connectivity index (χ0) is 39.2. The number of fused-ring (bicyclic) bond motifs is 4. The maximum Gasteiger partial charge on any atom is 0.453 e. The third kappa shape index (κ3) is 7.22. The zero-order valence-electron chi connectivity index (χ0n) is 29.2. The number of nitrogens with zero attached hydrogens (tertiary/aromatic N) is 5. The van der Waals surface area contributed by atoms with Gasteiger partial charge < -0.3 is 46.1 Å². The summed E-state index contributed by atoms with van der Waals surface area (Å²) in [5, 5.41) is 41.7. The first-order valence-corrected chi connectivity index (χ1v) is 18.7. The molecule has 0 saturated carbocycles. The van der Waals surface area contributed by atoms with Gasteiger partial charge in [-0.25, -0.2) is 14.6 Å². The van der Waals surface area contributed by atoms with E-state index < -0.39 is 63.5 Å². The standard InChI is InChI=1S/C33H37N9O10S2/c1-4-40(51)30(50)32(2,3)52-39-22(19-15-54-31(34)37-19)26(46)38-23-27(47)41-24(29(48)49)17(14-53-28(23)41)13-42-8-5-33(6-9-42,7-10-42)16-36-25(45)18-11-20(43)21(44)12-35-18/h11-12,15,23,28H,1,5-10,13-14,16H2,2-3H3,(H6-,34,35,36,37,38,39,43,44,45,46,48,49)/p+1/t23-,28-,33?,42?/m1/s1. The van der Waals surface area contributed by atoms with Gasteiger partial charge in [0.15, 0.2) is 22.5 Å². The lowest BCUT2D eigenvalue weighted by Gasteiger charge is -2.56. The van der Waals surface area contributed by atoms with E-state index in [2.05, 4.69) is 32.3 Å². The number of β-lactam (4-membered cyclic amide) rings is 1. The molecule has 5 aliphatic rings. The summed E-state index contributed by atoms with van der Waals surface area (Å²) < 4.78 is 0.480. The van der Waals surface area contributed by atoms with Crippen LogP contribution in [0.2, 0.25) is 0 Å². The van der Waals surface area contributed by atoms with Gasteiger partial charge in [-0.2, -0.15) is 0 Å². The number of carboxylic acid groups (broad SMARTS) is 1. The normalized spacial score (nSPS) is 24.9. The molecule has 19 nitrogen and oxygen atoms in total. The number of hydrogen-bond donors (Lipinski definition) is 6. The molecule has 0 spiro atoms. The van der Waals surface area contributed by atoms with E-state index in [0.29, 0.717) is 28.9 Å². The Labute approximate surface area is 315 Å². The maximum atomic E-state index is 13.6. The number of pyridine rings is 1. The van der Waals surface area contributed by atoms with Crippen LogP contribution in [0.3, 0.4) is 0 Å². The number of H-pyrrole nitrogens is 1. The first-order chi connectivity index (χ1) is 25.5. The number of aromatic nitrogens is 2. The summed E-state index contributed by atoms with van der Waals surface area (Å²) in [5.41, 5.74) is 3.23. The third-order valence-electron chi connectivity index (χ3n) is 10.4. The minimum atomic E-state index is -1.84. The van der Waals surface area contributed by atoms with E-state index in [1.165, 1.54) is 35.9 Å². The molecule has 2 aromatic heterocycles. The van der Waals surface area contributed by atoms with E-state index >= 15 is 0 Å². The van der Waals surface area contributed by atoms with Gasteiger partial charge in [0.2, 0.25) is 5.43 Å². The number of carbonyl (C=O) groups excluding carboxylic acids is 4. The Bertz CT molecular complexity index is 2090. The smallest absolute Gasteiger partial charge is 0.453 e. The molecule has 7 N–H and O–H groups in total. The van der Waals surface area contributed by atoms with Gasteiger partial charge in [0.1, 0.15) is 35.0 Å². The van der Waals surface area contributed by atoms with Crippen molar-refractivity contribution in [2.45, 2.75) is 50.1 Å². The second kappa shape index (κ2) is 14.4. The molecule has 4 fully saturated rings. The van der Waals surface area contributed by atoms with Crippen LogP contribution in [-0.2, 0) is 24.0 Å². The SMILES string of the molecule is C=C=[N+]([O-])C(=O)C(C)(C)O/N=C(\C(=O)N[C@@H]1C(=O)N2C(C(=O)O)=C(C[N+]34CCC(CNC(=O)c5cc(=O)c(O)c[nH]5)(CC3)CC4)CS[C@H]12)c1csc(N)n1. The molecule has 2 bridgehead atoms. The summed E-state index contributed by atoms with van der Waals surface area (Å²) in [6.45, 7) is 8.69. The van der Waals surface area contributed by atoms with Crippen molar-refractivity contribution < 1.29 is 48.2 Å². The number of thiazole rings is 1. The van der Waals surface area contributed by atoms with Crippen molar-refractivity contribution in [3.8, 4) is 5.75 Å². The number of anilines is 1. The predicted molar refractivity (Wildman–Crippen MR) is 194 cm³/mol. The number of carbonyl (C=O) groups is 5. The second-order valence-corrected chi connectivity index (χ2v) is 16.2.